The second-order valence-corrected chi connectivity index (χ2v) is 10.8. The number of hydrogen-bond donors (Lipinski definition) is 2. The van der Waals surface area contributed by atoms with E-state index in [9.17, 15) is 26.8 Å². The molecule has 9 nitrogen and oxygen atoms in total. The van der Waals surface area contributed by atoms with Gasteiger partial charge < -0.3 is 20.2 Å². The highest BCUT2D eigenvalue weighted by Crippen LogP contribution is 2.48. The number of carbonyl (C=O) groups is 2. The summed E-state index contributed by atoms with van der Waals surface area (Å²) in [4.78, 5) is 31.6. The van der Waals surface area contributed by atoms with E-state index < -0.39 is 27.5 Å². The quantitative estimate of drug-likeness (QED) is 0.588. The molecule has 0 fully saturated rings. The Morgan fingerprint density at radius 1 is 1.25 bits per heavy atom. The van der Waals surface area contributed by atoms with E-state index in [1.165, 1.54) is 15.9 Å². The van der Waals surface area contributed by atoms with Crippen LogP contribution in [-0.2, 0) is 20.4 Å². The number of likely N-dealkylation sites (N-methyl/N-ethyl adjacent to an activating group) is 1. The molecule has 2 aromatic rings. The van der Waals surface area contributed by atoms with Gasteiger partial charge in [0.25, 0.3) is 0 Å². The van der Waals surface area contributed by atoms with Crippen molar-refractivity contribution in [2.24, 2.45) is 5.92 Å². The number of carbonyl (C=O) groups excluding carboxylic acids is 2. The van der Waals surface area contributed by atoms with Gasteiger partial charge in [-0.2, -0.15) is 0 Å². The van der Waals surface area contributed by atoms with Crippen LogP contribution in [0.3, 0.4) is 0 Å². The van der Waals surface area contributed by atoms with Gasteiger partial charge in [-0.05, 0) is 35.0 Å². The molecule has 0 saturated carbocycles. The predicted molar refractivity (Wildman–Crippen MR) is 129 cm³/mol. The number of aromatic nitrogens is 1. The fourth-order valence-electron chi connectivity index (χ4n) is 4.83. The van der Waals surface area contributed by atoms with E-state index in [-0.39, 0.29) is 35.5 Å². The molecule has 1 aromatic heterocycles. The predicted octanol–water partition coefficient (Wildman–Crippen LogP) is 1.76. The first-order chi connectivity index (χ1) is 17.1. The lowest BCUT2D eigenvalue weighted by Gasteiger charge is -2.32. The summed E-state index contributed by atoms with van der Waals surface area (Å²) in [6, 6.07) is 3.24. The molecular formula is C24H24F2N4O5S. The largest absolute Gasteiger partial charge is 0.400 e. The number of amides is 1. The molecule has 2 N–H and O–H groups in total. The highest BCUT2D eigenvalue weighted by Gasteiger charge is 2.45. The van der Waals surface area contributed by atoms with E-state index >= 15 is 0 Å². The maximum absolute atomic E-state index is 14.9. The van der Waals surface area contributed by atoms with Crippen LogP contribution < -0.4 is 10.2 Å². The highest BCUT2D eigenvalue weighted by molar-refractivity contribution is 7.89. The van der Waals surface area contributed by atoms with Crippen molar-refractivity contribution >= 4 is 39.1 Å². The lowest BCUT2D eigenvalue weighted by atomic mass is 9.81. The zero-order valence-electron chi connectivity index (χ0n) is 19.7. The summed E-state index contributed by atoms with van der Waals surface area (Å²) in [6.45, 7) is 0.120. The van der Waals surface area contributed by atoms with Crippen molar-refractivity contribution in [3.63, 3.8) is 0 Å². The number of fused-ring (bicyclic) bond motifs is 2. The maximum atomic E-state index is 14.9. The molecule has 0 saturated heterocycles. The molecule has 0 bridgehead atoms. The average Bonchev–Trinajstić information content (AvgIpc) is 3.19. The van der Waals surface area contributed by atoms with E-state index in [4.69, 9.17) is 5.11 Å². The van der Waals surface area contributed by atoms with Crippen molar-refractivity contribution in [3.05, 3.63) is 70.7 Å². The van der Waals surface area contributed by atoms with Gasteiger partial charge in [0.1, 0.15) is 18.1 Å². The number of pyridine rings is 1. The Balaban J connectivity index is 0.00000148. The van der Waals surface area contributed by atoms with Crippen LogP contribution in [0.15, 0.2) is 42.4 Å². The summed E-state index contributed by atoms with van der Waals surface area (Å²) >= 11 is 0. The van der Waals surface area contributed by atoms with Gasteiger partial charge in [0.2, 0.25) is 5.91 Å². The van der Waals surface area contributed by atoms with Crippen molar-refractivity contribution in [2.45, 2.75) is 11.8 Å². The third kappa shape index (κ3) is 4.37. The number of hydrogen-bond acceptors (Lipinski definition) is 8. The topological polar surface area (TPSA) is 120 Å². The number of aldehydes is 1. The summed E-state index contributed by atoms with van der Waals surface area (Å²) in [5.74, 6) is -2.79. The summed E-state index contributed by atoms with van der Waals surface area (Å²) in [5, 5.41) is 10.1. The zero-order chi connectivity index (χ0) is 26.4. The molecule has 3 aliphatic rings. The molecule has 12 heteroatoms. The second kappa shape index (κ2) is 9.43. The van der Waals surface area contributed by atoms with Crippen LogP contribution in [0.4, 0.5) is 20.3 Å². The number of anilines is 2. The number of sulfone groups is 1. The molecule has 3 aliphatic heterocycles. The Labute approximate surface area is 206 Å². The average molecular weight is 519 g/mol. The highest BCUT2D eigenvalue weighted by atomic mass is 32.2. The molecule has 0 radical (unpaired) electrons. The summed E-state index contributed by atoms with van der Waals surface area (Å²) in [5.41, 5.74) is 2.86. The van der Waals surface area contributed by atoms with E-state index in [1.807, 2.05) is 0 Å². The van der Waals surface area contributed by atoms with Crippen LogP contribution in [0.5, 0.6) is 0 Å². The summed E-state index contributed by atoms with van der Waals surface area (Å²) < 4.78 is 52.6. The fraction of sp³-hybridized carbons (Fsp3) is 0.292. The number of aliphatic hydroxyl groups excluding tert-OH is 1. The van der Waals surface area contributed by atoms with Crippen LogP contribution in [0.1, 0.15) is 21.5 Å². The number of halogens is 2. The molecule has 4 heterocycles. The maximum Gasteiger partial charge on any atom is 0.249 e. The summed E-state index contributed by atoms with van der Waals surface area (Å²) in [6.07, 6.45) is 5.90. The van der Waals surface area contributed by atoms with Crippen molar-refractivity contribution in [3.8, 4) is 0 Å². The van der Waals surface area contributed by atoms with Crippen molar-refractivity contribution < 1.29 is 31.9 Å². The van der Waals surface area contributed by atoms with Gasteiger partial charge in [-0.15, -0.1) is 0 Å². The normalized spacial score (nSPS) is 20.2. The van der Waals surface area contributed by atoms with Crippen LogP contribution in [-0.4, -0.2) is 68.6 Å². The Kier molecular flexibility index (Phi) is 6.67. The minimum absolute atomic E-state index is 0.120. The molecule has 2 atom stereocenters. The Morgan fingerprint density at radius 2 is 1.97 bits per heavy atom. The molecule has 5 rings (SSSR count). The van der Waals surface area contributed by atoms with E-state index in [1.54, 1.807) is 25.5 Å². The first-order valence-corrected chi connectivity index (χ1v) is 12.9. The number of nitrogens with zero attached hydrogens (tertiary/aromatic N) is 3. The smallest absolute Gasteiger partial charge is 0.249 e. The van der Waals surface area contributed by atoms with E-state index in [2.05, 4.69) is 10.3 Å². The van der Waals surface area contributed by atoms with Gasteiger partial charge in [0.15, 0.2) is 21.5 Å². The SMILES string of the molecule is CN1C=C2c3cc(CS(C)(=O)=O)c(C=O)cc3N(c3ncc(F)cc3F)CC3=CNC(C1=O)C32.CO. The monoisotopic (exact) mass is 518 g/mol. The number of rotatable bonds is 4. The number of aliphatic hydroxyl groups is 1. The lowest BCUT2D eigenvalue weighted by Crippen LogP contribution is -2.46. The minimum Gasteiger partial charge on any atom is -0.400 e. The molecular weight excluding hydrogens is 494 g/mol. The van der Waals surface area contributed by atoms with Gasteiger partial charge in [-0.1, -0.05) is 0 Å². The van der Waals surface area contributed by atoms with Crippen molar-refractivity contribution in [1.82, 2.24) is 15.2 Å². The molecule has 36 heavy (non-hydrogen) atoms. The zero-order valence-corrected chi connectivity index (χ0v) is 20.5. The first kappa shape index (κ1) is 25.5. The van der Waals surface area contributed by atoms with Crippen molar-refractivity contribution in [1.29, 1.82) is 0 Å². The van der Waals surface area contributed by atoms with Gasteiger partial charge >= 0.3 is 0 Å². The van der Waals surface area contributed by atoms with Crippen LogP contribution in [0, 0.1) is 17.6 Å². The van der Waals surface area contributed by atoms with E-state index in [0.29, 0.717) is 23.1 Å². The second-order valence-electron chi connectivity index (χ2n) is 8.68. The number of benzene rings is 1. The molecule has 0 aliphatic carbocycles. The minimum atomic E-state index is -3.47. The van der Waals surface area contributed by atoms with Gasteiger partial charge in [0, 0.05) is 56.3 Å². The Bertz CT molecular complexity index is 1420. The first-order valence-electron chi connectivity index (χ1n) is 10.8. The van der Waals surface area contributed by atoms with Gasteiger partial charge in [-0.25, -0.2) is 22.2 Å². The molecule has 0 spiro atoms. The third-order valence-corrected chi connectivity index (χ3v) is 7.09. The number of nitrogens with one attached hydrogen (secondary N) is 1. The van der Waals surface area contributed by atoms with Crippen LogP contribution >= 0.6 is 0 Å². The standard InChI is InChI=1S/C23H20F2N4O4S.CH4O/c1-28-9-17-16-3-13(11-34(2,32)33)12(10-30)4-19(16)29(22-18(25)5-15(24)7-27-22)8-14-6-26-21(20(14)17)23(28)31;1-2/h3-7,9-10,20-21,26H,8,11H2,1-2H3;2H,1H3. The lowest BCUT2D eigenvalue weighted by molar-refractivity contribution is -0.130. The summed E-state index contributed by atoms with van der Waals surface area (Å²) in [7, 11) is -0.858. The van der Waals surface area contributed by atoms with Gasteiger partial charge in [0.05, 0.1) is 17.6 Å². The van der Waals surface area contributed by atoms with Crippen molar-refractivity contribution in [2.75, 3.05) is 31.9 Å². The Hall–Kier alpha value is -3.64. The Morgan fingerprint density at radius 3 is 2.61 bits per heavy atom. The molecule has 2 unspecified atom stereocenters. The van der Waals surface area contributed by atoms with Gasteiger partial charge in [-0.3, -0.25) is 9.59 Å². The molecule has 1 aromatic carbocycles. The molecule has 190 valence electrons. The van der Waals surface area contributed by atoms with Crippen LogP contribution in [0.2, 0.25) is 0 Å². The van der Waals surface area contributed by atoms with Crippen LogP contribution in [0.25, 0.3) is 5.57 Å². The third-order valence-electron chi connectivity index (χ3n) is 6.25. The fourth-order valence-corrected chi connectivity index (χ4v) is 5.64. The van der Waals surface area contributed by atoms with E-state index in [0.717, 1.165) is 36.8 Å². The molecule has 1 amide bonds.